The second-order valence-corrected chi connectivity index (χ2v) is 8.25. The van der Waals surface area contributed by atoms with Gasteiger partial charge in [-0.1, -0.05) is 38.0 Å². The van der Waals surface area contributed by atoms with Crippen molar-refractivity contribution in [3.05, 3.63) is 35.9 Å². The number of aliphatic hydroxyl groups is 1. The summed E-state index contributed by atoms with van der Waals surface area (Å²) in [6.07, 6.45) is 3.98. The van der Waals surface area contributed by atoms with Crippen molar-refractivity contribution in [3.8, 4) is 0 Å². The number of nitrogens with one attached hydrogen (secondary N) is 2. The number of guanidine groups is 1. The van der Waals surface area contributed by atoms with Crippen LogP contribution in [0, 0.1) is 5.41 Å². The van der Waals surface area contributed by atoms with E-state index in [0.717, 1.165) is 41.9 Å². The lowest BCUT2D eigenvalue weighted by Gasteiger charge is -2.38. The first-order valence-electron chi connectivity index (χ1n) is 10.1. The number of para-hydroxylation sites is 1. The largest absolute Gasteiger partial charge is 0.392 e. The summed E-state index contributed by atoms with van der Waals surface area (Å²) in [5, 5.41) is 18.4. The smallest absolute Gasteiger partial charge is 0.191 e. The predicted octanol–water partition coefficient (Wildman–Crippen LogP) is 2.91. The number of nitrogens with zero attached hydrogens (tertiary/aromatic N) is 3. The second kappa shape index (κ2) is 8.78. The van der Waals surface area contributed by atoms with Crippen LogP contribution in [-0.2, 0) is 6.54 Å². The molecule has 152 valence electrons. The molecule has 1 saturated carbocycles. The van der Waals surface area contributed by atoms with Gasteiger partial charge in [-0.3, -0.25) is 4.99 Å². The number of benzene rings is 1. The number of anilines is 1. The lowest BCUT2D eigenvalue weighted by atomic mass is 9.73. The van der Waals surface area contributed by atoms with Crippen LogP contribution in [0.3, 0.4) is 0 Å². The summed E-state index contributed by atoms with van der Waals surface area (Å²) >= 11 is 0. The molecule has 0 radical (unpaired) electrons. The normalized spacial score (nSPS) is 22.9. The van der Waals surface area contributed by atoms with E-state index in [1.54, 1.807) is 7.05 Å². The maximum Gasteiger partial charge on any atom is 0.191 e. The Hall–Kier alpha value is -2.34. The van der Waals surface area contributed by atoms with E-state index in [1.165, 1.54) is 12.0 Å². The van der Waals surface area contributed by atoms with Crippen LogP contribution in [-0.4, -0.2) is 49.8 Å². The van der Waals surface area contributed by atoms with Gasteiger partial charge in [-0.25, -0.2) is 4.98 Å². The lowest BCUT2D eigenvalue weighted by molar-refractivity contribution is 0.00397. The molecule has 1 fully saturated rings. The zero-order valence-electron chi connectivity index (χ0n) is 17.5. The van der Waals surface area contributed by atoms with Gasteiger partial charge in [0, 0.05) is 45.0 Å². The van der Waals surface area contributed by atoms with E-state index in [9.17, 15) is 5.11 Å². The second-order valence-electron chi connectivity index (χ2n) is 8.25. The molecule has 3 N–H and O–H groups in total. The SMILES string of the molecule is CN=C(NCc1cc(N(C)C)nc2ccccc12)NCC1(C)CCCCC1O. The fourth-order valence-electron chi connectivity index (χ4n) is 3.88. The molecule has 28 heavy (non-hydrogen) atoms. The molecule has 2 unspecified atom stereocenters. The van der Waals surface area contributed by atoms with Crippen molar-refractivity contribution in [1.82, 2.24) is 15.6 Å². The predicted molar refractivity (Wildman–Crippen MR) is 117 cm³/mol. The molecule has 0 amide bonds. The van der Waals surface area contributed by atoms with Crippen LogP contribution in [0.1, 0.15) is 38.2 Å². The summed E-state index contributed by atoms with van der Waals surface area (Å²) in [5.41, 5.74) is 2.07. The molecule has 1 aliphatic rings. The maximum atomic E-state index is 10.4. The molecule has 3 rings (SSSR count). The Labute approximate surface area is 168 Å². The third-order valence-corrected chi connectivity index (χ3v) is 5.86. The molecule has 1 heterocycles. The summed E-state index contributed by atoms with van der Waals surface area (Å²) < 4.78 is 0. The summed E-state index contributed by atoms with van der Waals surface area (Å²) in [4.78, 5) is 11.1. The molecule has 1 aromatic carbocycles. The average Bonchev–Trinajstić information content (AvgIpc) is 2.70. The Kier molecular flexibility index (Phi) is 6.39. The molecule has 0 spiro atoms. The molecule has 1 aromatic heterocycles. The zero-order valence-corrected chi connectivity index (χ0v) is 17.5. The number of hydrogen-bond donors (Lipinski definition) is 3. The fraction of sp³-hybridized carbons (Fsp3) is 0.545. The van der Waals surface area contributed by atoms with E-state index in [2.05, 4.69) is 34.7 Å². The van der Waals surface area contributed by atoms with E-state index in [-0.39, 0.29) is 11.5 Å². The number of aliphatic imine (C=N–C) groups is 1. The fourth-order valence-corrected chi connectivity index (χ4v) is 3.88. The van der Waals surface area contributed by atoms with Gasteiger partial charge in [-0.05, 0) is 30.5 Å². The number of pyridine rings is 1. The zero-order chi connectivity index (χ0) is 20.1. The number of fused-ring (bicyclic) bond motifs is 1. The number of hydrogen-bond acceptors (Lipinski definition) is 4. The van der Waals surface area contributed by atoms with Crippen molar-refractivity contribution in [2.45, 2.75) is 45.3 Å². The first kappa shape index (κ1) is 20.4. The quantitative estimate of drug-likeness (QED) is 0.547. The third kappa shape index (κ3) is 4.55. The van der Waals surface area contributed by atoms with Crippen LogP contribution < -0.4 is 15.5 Å². The topological polar surface area (TPSA) is 72.8 Å². The van der Waals surface area contributed by atoms with Crippen molar-refractivity contribution in [2.75, 3.05) is 32.6 Å². The van der Waals surface area contributed by atoms with Gasteiger partial charge in [0.15, 0.2) is 5.96 Å². The Morgan fingerprint density at radius 1 is 1.29 bits per heavy atom. The van der Waals surface area contributed by atoms with Gasteiger partial charge >= 0.3 is 0 Å². The third-order valence-electron chi connectivity index (χ3n) is 5.86. The van der Waals surface area contributed by atoms with E-state index >= 15 is 0 Å². The highest BCUT2D eigenvalue weighted by Crippen LogP contribution is 2.35. The van der Waals surface area contributed by atoms with Crippen molar-refractivity contribution in [1.29, 1.82) is 0 Å². The van der Waals surface area contributed by atoms with Crippen LogP contribution >= 0.6 is 0 Å². The van der Waals surface area contributed by atoms with Gasteiger partial charge in [-0.15, -0.1) is 0 Å². The van der Waals surface area contributed by atoms with Crippen LogP contribution in [0.2, 0.25) is 0 Å². The Bertz CT molecular complexity index is 835. The molecule has 6 nitrogen and oxygen atoms in total. The number of rotatable bonds is 5. The van der Waals surface area contributed by atoms with Crippen LogP contribution in [0.15, 0.2) is 35.3 Å². The van der Waals surface area contributed by atoms with Gasteiger partial charge in [-0.2, -0.15) is 0 Å². The Morgan fingerprint density at radius 3 is 2.79 bits per heavy atom. The summed E-state index contributed by atoms with van der Waals surface area (Å²) in [6, 6.07) is 10.3. The van der Waals surface area contributed by atoms with Crippen molar-refractivity contribution < 1.29 is 5.11 Å². The summed E-state index contributed by atoms with van der Waals surface area (Å²) in [5.74, 6) is 1.70. The van der Waals surface area contributed by atoms with E-state index < -0.39 is 0 Å². The summed E-state index contributed by atoms with van der Waals surface area (Å²) in [7, 11) is 5.79. The van der Waals surface area contributed by atoms with Crippen LogP contribution in [0.4, 0.5) is 5.82 Å². The van der Waals surface area contributed by atoms with Crippen LogP contribution in [0.25, 0.3) is 10.9 Å². The van der Waals surface area contributed by atoms with Crippen molar-refractivity contribution in [3.63, 3.8) is 0 Å². The molecular weight excluding hydrogens is 350 g/mol. The summed E-state index contributed by atoms with van der Waals surface area (Å²) in [6.45, 7) is 3.54. The minimum atomic E-state index is -0.251. The molecule has 6 heteroatoms. The standard InChI is InChI=1S/C22H33N5O/c1-22(12-8-7-11-19(22)28)15-25-21(23-2)24-14-16-13-20(27(3)4)26-18-10-6-5-9-17(16)18/h5-6,9-10,13,19,28H,7-8,11-12,14-15H2,1-4H3,(H2,23,24,25). The molecule has 0 bridgehead atoms. The molecular formula is C22H33N5O. The Balaban J connectivity index is 1.70. The highest BCUT2D eigenvalue weighted by atomic mass is 16.3. The van der Waals surface area contributed by atoms with E-state index in [1.807, 2.05) is 37.2 Å². The first-order valence-corrected chi connectivity index (χ1v) is 10.1. The Morgan fingerprint density at radius 2 is 2.07 bits per heavy atom. The van der Waals surface area contributed by atoms with Gasteiger partial charge in [0.1, 0.15) is 5.82 Å². The molecule has 2 atom stereocenters. The molecule has 0 saturated heterocycles. The van der Waals surface area contributed by atoms with Crippen molar-refractivity contribution in [2.24, 2.45) is 10.4 Å². The van der Waals surface area contributed by atoms with Gasteiger partial charge < -0.3 is 20.6 Å². The van der Waals surface area contributed by atoms with Gasteiger partial charge in [0.25, 0.3) is 0 Å². The molecule has 2 aromatic rings. The highest BCUT2D eigenvalue weighted by molar-refractivity contribution is 5.85. The monoisotopic (exact) mass is 383 g/mol. The molecule has 1 aliphatic carbocycles. The van der Waals surface area contributed by atoms with Gasteiger partial charge in [0.05, 0.1) is 11.6 Å². The first-order chi connectivity index (χ1) is 13.4. The maximum absolute atomic E-state index is 10.4. The minimum Gasteiger partial charge on any atom is -0.392 e. The van der Waals surface area contributed by atoms with E-state index in [4.69, 9.17) is 4.98 Å². The highest BCUT2D eigenvalue weighted by Gasteiger charge is 2.35. The minimum absolute atomic E-state index is 0.0999. The number of aromatic nitrogens is 1. The van der Waals surface area contributed by atoms with Crippen molar-refractivity contribution >= 4 is 22.7 Å². The number of aliphatic hydroxyl groups excluding tert-OH is 1. The lowest BCUT2D eigenvalue weighted by Crippen LogP contribution is -2.48. The average molecular weight is 384 g/mol. The van der Waals surface area contributed by atoms with Crippen LogP contribution in [0.5, 0.6) is 0 Å². The van der Waals surface area contributed by atoms with E-state index in [0.29, 0.717) is 13.1 Å². The van der Waals surface area contributed by atoms with Gasteiger partial charge in [0.2, 0.25) is 0 Å². The molecule has 0 aliphatic heterocycles.